The van der Waals surface area contributed by atoms with E-state index in [0.717, 1.165) is 61.2 Å². The van der Waals surface area contributed by atoms with Crippen LogP contribution in [-0.4, -0.2) is 103 Å². The minimum Gasteiger partial charge on any atom is -0.492 e. The van der Waals surface area contributed by atoms with Crippen molar-refractivity contribution in [1.82, 2.24) is 20.9 Å². The smallest absolute Gasteiger partial charge is 0.307 e. The predicted octanol–water partition coefficient (Wildman–Crippen LogP) is 4.01. The fourth-order valence-corrected chi connectivity index (χ4v) is 8.73. The average molecular weight is 769 g/mol. The van der Waals surface area contributed by atoms with Crippen molar-refractivity contribution < 1.29 is 39.2 Å². The summed E-state index contributed by atoms with van der Waals surface area (Å²) in [6, 6.07) is 22.7. The largest absolute Gasteiger partial charge is 0.492 e. The first-order valence-corrected chi connectivity index (χ1v) is 20.1. The van der Waals surface area contributed by atoms with Crippen molar-refractivity contribution in [3.05, 3.63) is 101 Å². The van der Waals surface area contributed by atoms with E-state index in [1.54, 1.807) is 17.0 Å². The maximum Gasteiger partial charge on any atom is 0.307 e. The van der Waals surface area contributed by atoms with Gasteiger partial charge >= 0.3 is 17.9 Å². The van der Waals surface area contributed by atoms with Crippen LogP contribution in [0.25, 0.3) is 0 Å². The molecule has 6 unspecified atom stereocenters. The third kappa shape index (κ3) is 11.2. The van der Waals surface area contributed by atoms with Gasteiger partial charge in [-0.2, -0.15) is 0 Å². The summed E-state index contributed by atoms with van der Waals surface area (Å²) in [5.41, 5.74) is 4.11. The van der Waals surface area contributed by atoms with Crippen LogP contribution in [0.15, 0.2) is 72.8 Å². The molecule has 12 heteroatoms. The molecule has 300 valence electrons. The van der Waals surface area contributed by atoms with E-state index in [2.05, 4.69) is 16.0 Å². The highest BCUT2D eigenvalue weighted by Crippen LogP contribution is 2.27. The van der Waals surface area contributed by atoms with Gasteiger partial charge in [-0.05, 0) is 148 Å². The molecule has 6 atom stereocenters. The standard InChI is InChI=1S/C44H56N4O8/c49-41(33-8-2-6-31(21-33)24-39(43(52)53)35-11-15-46-27-35)48(17-13-29-4-1-5-30(20-29)23-38(42(50)51)34-10-14-45-26-34)18-19-56-37-9-3-7-32(22-37)25-40(44(54)55)36-12-16-47-28-36/h1-9,20-22,34-36,38-40,45-47H,10-19,23-28H2,(H,50,51)(H,52,53)(H,54,55). The second-order valence-corrected chi connectivity index (χ2v) is 15.8. The molecule has 3 heterocycles. The number of hydrogen-bond donors (Lipinski definition) is 6. The number of carboxylic acid groups (broad SMARTS) is 3. The normalized spacial score (nSPS) is 21.0. The zero-order chi connectivity index (χ0) is 39.4. The summed E-state index contributed by atoms with van der Waals surface area (Å²) in [6.07, 6.45) is 4.21. The topological polar surface area (TPSA) is 178 Å². The van der Waals surface area contributed by atoms with Crippen LogP contribution >= 0.6 is 0 Å². The lowest BCUT2D eigenvalue weighted by molar-refractivity contribution is -0.144. The summed E-state index contributed by atoms with van der Waals surface area (Å²) in [5.74, 6) is -3.30. The Morgan fingerprint density at radius 1 is 0.607 bits per heavy atom. The Kier molecular flexibility index (Phi) is 14.5. The van der Waals surface area contributed by atoms with E-state index < -0.39 is 35.7 Å². The van der Waals surface area contributed by atoms with E-state index in [1.807, 2.05) is 60.7 Å². The lowest BCUT2D eigenvalue weighted by Gasteiger charge is -2.24. The van der Waals surface area contributed by atoms with E-state index in [4.69, 9.17) is 4.74 Å². The maximum absolute atomic E-state index is 14.2. The number of carboxylic acids is 3. The minimum atomic E-state index is -0.830. The molecule has 1 amide bonds. The second-order valence-electron chi connectivity index (χ2n) is 15.8. The van der Waals surface area contributed by atoms with E-state index in [-0.39, 0.29) is 36.8 Å². The Morgan fingerprint density at radius 2 is 1.07 bits per heavy atom. The van der Waals surface area contributed by atoms with E-state index in [9.17, 15) is 34.5 Å². The molecule has 3 aromatic rings. The van der Waals surface area contributed by atoms with Crippen molar-refractivity contribution in [2.45, 2.75) is 44.9 Å². The van der Waals surface area contributed by atoms with Crippen LogP contribution in [0.2, 0.25) is 0 Å². The molecule has 3 aliphatic rings. The van der Waals surface area contributed by atoms with Crippen molar-refractivity contribution >= 4 is 23.8 Å². The minimum absolute atomic E-state index is 0.0325. The number of carbonyl (C=O) groups is 4. The fraction of sp³-hybridized carbons (Fsp3) is 0.500. The van der Waals surface area contributed by atoms with Gasteiger partial charge in [0.2, 0.25) is 0 Å². The van der Waals surface area contributed by atoms with Crippen molar-refractivity contribution in [3.8, 4) is 5.75 Å². The van der Waals surface area contributed by atoms with Crippen molar-refractivity contribution in [1.29, 1.82) is 0 Å². The zero-order valence-electron chi connectivity index (χ0n) is 32.0. The van der Waals surface area contributed by atoms with E-state index in [0.29, 0.717) is 63.2 Å². The monoisotopic (exact) mass is 768 g/mol. The number of nitrogens with zero attached hydrogens (tertiary/aromatic N) is 1. The van der Waals surface area contributed by atoms with Gasteiger partial charge in [-0.25, -0.2) is 0 Å². The number of ether oxygens (including phenoxy) is 1. The van der Waals surface area contributed by atoms with Crippen LogP contribution in [-0.2, 0) is 40.1 Å². The lowest BCUT2D eigenvalue weighted by atomic mass is 9.86. The number of aliphatic carboxylic acids is 3. The second kappa shape index (κ2) is 19.9. The number of nitrogens with one attached hydrogen (secondary N) is 3. The number of rotatable bonds is 20. The molecule has 6 N–H and O–H groups in total. The van der Waals surface area contributed by atoms with Gasteiger partial charge in [-0.15, -0.1) is 0 Å². The highest BCUT2D eigenvalue weighted by atomic mass is 16.5. The predicted molar refractivity (Wildman–Crippen MR) is 212 cm³/mol. The summed E-state index contributed by atoms with van der Waals surface area (Å²) >= 11 is 0. The fourth-order valence-electron chi connectivity index (χ4n) is 8.73. The van der Waals surface area contributed by atoms with Crippen molar-refractivity contribution in [2.75, 3.05) is 59.0 Å². The zero-order valence-corrected chi connectivity index (χ0v) is 32.0. The Balaban J connectivity index is 1.15. The molecular formula is C44H56N4O8. The van der Waals surface area contributed by atoms with Gasteiger partial charge in [-0.1, -0.05) is 48.5 Å². The van der Waals surface area contributed by atoms with E-state index >= 15 is 0 Å². The molecule has 0 spiro atoms. The lowest BCUT2D eigenvalue weighted by Crippen LogP contribution is -2.36. The Labute approximate surface area is 329 Å². The highest BCUT2D eigenvalue weighted by molar-refractivity contribution is 5.94. The molecule has 0 bridgehead atoms. The first-order chi connectivity index (χ1) is 27.1. The maximum atomic E-state index is 14.2. The van der Waals surface area contributed by atoms with E-state index in [1.165, 1.54) is 0 Å². The number of amides is 1. The molecule has 56 heavy (non-hydrogen) atoms. The average Bonchev–Trinajstić information content (AvgIpc) is 4.02. The molecule has 0 saturated carbocycles. The van der Waals surface area contributed by atoms with Crippen LogP contribution in [0.3, 0.4) is 0 Å². The first-order valence-electron chi connectivity index (χ1n) is 20.1. The van der Waals surface area contributed by atoms with Crippen LogP contribution in [0.4, 0.5) is 0 Å². The Hall–Kier alpha value is -4.78. The van der Waals surface area contributed by atoms with Crippen LogP contribution in [0, 0.1) is 35.5 Å². The van der Waals surface area contributed by atoms with Gasteiger partial charge in [0.25, 0.3) is 5.91 Å². The van der Waals surface area contributed by atoms with Gasteiger partial charge < -0.3 is 40.9 Å². The molecule has 3 saturated heterocycles. The summed E-state index contributed by atoms with van der Waals surface area (Å²) in [6.45, 7) is 5.39. The Bertz CT molecular complexity index is 1800. The molecule has 0 aliphatic carbocycles. The Morgan fingerprint density at radius 3 is 1.57 bits per heavy atom. The summed E-state index contributed by atoms with van der Waals surface area (Å²) in [7, 11) is 0. The molecular weight excluding hydrogens is 713 g/mol. The third-order valence-corrected chi connectivity index (χ3v) is 12.0. The van der Waals surface area contributed by atoms with Crippen molar-refractivity contribution in [3.63, 3.8) is 0 Å². The molecule has 3 aliphatic heterocycles. The molecule has 6 rings (SSSR count). The van der Waals surface area contributed by atoms with Gasteiger partial charge in [-0.3, -0.25) is 19.2 Å². The van der Waals surface area contributed by atoms with Crippen molar-refractivity contribution in [2.24, 2.45) is 35.5 Å². The number of hydrogen-bond acceptors (Lipinski definition) is 8. The third-order valence-electron chi connectivity index (χ3n) is 12.0. The van der Waals surface area contributed by atoms with Crippen LogP contribution in [0.5, 0.6) is 5.75 Å². The number of benzene rings is 3. The first kappa shape index (κ1) is 40.9. The molecule has 3 fully saturated rings. The quantitative estimate of drug-likeness (QED) is 0.0980. The van der Waals surface area contributed by atoms with Crippen LogP contribution < -0.4 is 20.7 Å². The van der Waals surface area contributed by atoms with Gasteiger partial charge in [0.1, 0.15) is 12.4 Å². The summed E-state index contributed by atoms with van der Waals surface area (Å²) < 4.78 is 6.19. The SMILES string of the molecule is O=C(O)C(Cc1cccc(CCN(CCOc2cccc(CC(C(=O)O)C3CCNC3)c2)C(=O)c2cccc(CC(C(=O)O)C3CCNC3)c2)c1)C1CCNC1. The summed E-state index contributed by atoms with van der Waals surface area (Å²) in [5, 5.41) is 39.8. The summed E-state index contributed by atoms with van der Waals surface area (Å²) in [4.78, 5) is 52.6. The van der Waals surface area contributed by atoms with Crippen LogP contribution in [0.1, 0.15) is 51.9 Å². The molecule has 3 aromatic carbocycles. The molecule has 0 radical (unpaired) electrons. The van der Waals surface area contributed by atoms with Gasteiger partial charge in [0.05, 0.1) is 24.3 Å². The molecule has 0 aromatic heterocycles. The number of carbonyl (C=O) groups excluding carboxylic acids is 1. The van der Waals surface area contributed by atoms with Gasteiger partial charge in [0.15, 0.2) is 0 Å². The molecule has 12 nitrogen and oxygen atoms in total. The van der Waals surface area contributed by atoms with Gasteiger partial charge in [0, 0.05) is 12.1 Å². The highest BCUT2D eigenvalue weighted by Gasteiger charge is 2.33.